The molecule has 116 valence electrons. The van der Waals surface area contributed by atoms with Crippen molar-refractivity contribution in [3.05, 3.63) is 29.3 Å². The van der Waals surface area contributed by atoms with Gasteiger partial charge in [0.25, 0.3) is 0 Å². The van der Waals surface area contributed by atoms with Crippen LogP contribution in [0.4, 0.5) is 0 Å². The van der Waals surface area contributed by atoms with Crippen LogP contribution >= 0.6 is 0 Å². The standard InChI is InChI=1S/C12H17N3O4S2/c1-10-9-12(5-4-11(10)3-2-6-13)21(18,19)15-7-8-20(14,16)17/h4-5,9,15H,6-8,13H2,1H3,(H2,14,16,17). The van der Waals surface area contributed by atoms with E-state index in [1.165, 1.54) is 12.1 Å². The van der Waals surface area contributed by atoms with Crippen molar-refractivity contribution in [3.63, 3.8) is 0 Å². The number of aryl methyl sites for hydroxylation is 1. The van der Waals surface area contributed by atoms with Crippen LogP contribution in [0.15, 0.2) is 23.1 Å². The fourth-order valence-corrected chi connectivity index (χ4v) is 3.12. The summed E-state index contributed by atoms with van der Waals surface area (Å²) in [5.41, 5.74) is 6.65. The molecular formula is C12H17N3O4S2. The molecule has 9 heteroatoms. The quantitative estimate of drug-likeness (QED) is 0.587. The van der Waals surface area contributed by atoms with Crippen LogP contribution in [0.1, 0.15) is 11.1 Å². The lowest BCUT2D eigenvalue weighted by atomic mass is 10.1. The van der Waals surface area contributed by atoms with Gasteiger partial charge in [0.05, 0.1) is 17.2 Å². The minimum Gasteiger partial charge on any atom is -0.320 e. The number of hydrogen-bond acceptors (Lipinski definition) is 5. The molecule has 0 aliphatic rings. The maximum atomic E-state index is 12.0. The van der Waals surface area contributed by atoms with Crippen LogP contribution in [0.25, 0.3) is 0 Å². The number of benzene rings is 1. The third-order valence-corrected chi connectivity index (χ3v) is 4.74. The Kier molecular flexibility index (Phi) is 5.88. The Bertz CT molecular complexity index is 774. The first-order valence-corrected chi connectivity index (χ1v) is 9.15. The summed E-state index contributed by atoms with van der Waals surface area (Å²) in [6.07, 6.45) is 0. The van der Waals surface area contributed by atoms with Gasteiger partial charge in [-0.2, -0.15) is 0 Å². The van der Waals surface area contributed by atoms with Crippen molar-refractivity contribution in [2.24, 2.45) is 10.9 Å². The Labute approximate surface area is 124 Å². The number of nitrogens with one attached hydrogen (secondary N) is 1. The van der Waals surface area contributed by atoms with Gasteiger partial charge in [-0.25, -0.2) is 26.7 Å². The van der Waals surface area contributed by atoms with Crippen LogP contribution in [0.3, 0.4) is 0 Å². The molecule has 7 nitrogen and oxygen atoms in total. The summed E-state index contributed by atoms with van der Waals surface area (Å²) in [6.45, 7) is 1.66. The van der Waals surface area contributed by atoms with Crippen molar-refractivity contribution in [2.75, 3.05) is 18.8 Å². The number of primary sulfonamides is 1. The highest BCUT2D eigenvalue weighted by Gasteiger charge is 2.15. The number of nitrogens with two attached hydrogens (primary N) is 2. The lowest BCUT2D eigenvalue weighted by Gasteiger charge is -2.07. The number of sulfonamides is 2. The Balaban J connectivity index is 2.92. The summed E-state index contributed by atoms with van der Waals surface area (Å²) >= 11 is 0. The molecule has 0 aromatic heterocycles. The normalized spacial score (nSPS) is 11.8. The van der Waals surface area contributed by atoms with Crippen molar-refractivity contribution in [3.8, 4) is 11.8 Å². The van der Waals surface area contributed by atoms with E-state index in [-0.39, 0.29) is 18.0 Å². The Morgan fingerprint density at radius 3 is 2.43 bits per heavy atom. The monoisotopic (exact) mass is 331 g/mol. The Morgan fingerprint density at radius 2 is 1.90 bits per heavy atom. The second-order valence-electron chi connectivity index (χ2n) is 4.25. The topological polar surface area (TPSA) is 132 Å². The smallest absolute Gasteiger partial charge is 0.240 e. The molecule has 0 radical (unpaired) electrons. The molecule has 0 aliphatic carbocycles. The van der Waals surface area contributed by atoms with Crippen molar-refractivity contribution in [2.45, 2.75) is 11.8 Å². The molecule has 0 saturated heterocycles. The molecule has 1 rings (SSSR count). The van der Waals surface area contributed by atoms with Gasteiger partial charge >= 0.3 is 0 Å². The fraction of sp³-hybridized carbons (Fsp3) is 0.333. The fourth-order valence-electron chi connectivity index (χ4n) is 1.49. The molecule has 0 heterocycles. The van der Waals surface area contributed by atoms with Gasteiger partial charge in [-0.3, -0.25) is 0 Å². The summed E-state index contributed by atoms with van der Waals surface area (Å²) in [4.78, 5) is 0.0349. The van der Waals surface area contributed by atoms with E-state index < -0.39 is 25.8 Å². The average Bonchev–Trinajstić information content (AvgIpc) is 2.35. The molecule has 21 heavy (non-hydrogen) atoms. The van der Waals surface area contributed by atoms with E-state index in [4.69, 9.17) is 10.9 Å². The molecule has 0 saturated carbocycles. The number of hydrogen-bond donors (Lipinski definition) is 3. The summed E-state index contributed by atoms with van der Waals surface area (Å²) in [7, 11) is -7.50. The molecule has 0 bridgehead atoms. The molecule has 0 amide bonds. The van der Waals surface area contributed by atoms with E-state index in [0.29, 0.717) is 11.1 Å². The molecule has 0 aliphatic heterocycles. The highest BCUT2D eigenvalue weighted by atomic mass is 32.2. The SMILES string of the molecule is Cc1cc(S(=O)(=O)NCCS(N)(=O)=O)ccc1C#CCN. The predicted octanol–water partition coefficient (Wildman–Crippen LogP) is -1.13. The minimum absolute atomic E-state index is 0.0349. The van der Waals surface area contributed by atoms with Gasteiger partial charge < -0.3 is 5.73 Å². The van der Waals surface area contributed by atoms with Gasteiger partial charge in [0.15, 0.2) is 0 Å². The maximum absolute atomic E-state index is 12.0. The molecule has 0 fully saturated rings. The second kappa shape index (κ2) is 7.02. The third kappa shape index (κ3) is 5.82. The van der Waals surface area contributed by atoms with Crippen molar-refractivity contribution < 1.29 is 16.8 Å². The summed E-state index contributed by atoms with van der Waals surface area (Å²) in [6, 6.07) is 4.43. The highest BCUT2D eigenvalue weighted by Crippen LogP contribution is 2.14. The van der Waals surface area contributed by atoms with Crippen LogP contribution in [0, 0.1) is 18.8 Å². The van der Waals surface area contributed by atoms with E-state index in [9.17, 15) is 16.8 Å². The van der Waals surface area contributed by atoms with E-state index in [2.05, 4.69) is 16.6 Å². The lowest BCUT2D eigenvalue weighted by Crippen LogP contribution is -2.31. The van der Waals surface area contributed by atoms with Crippen molar-refractivity contribution in [1.82, 2.24) is 4.72 Å². The van der Waals surface area contributed by atoms with Crippen molar-refractivity contribution in [1.29, 1.82) is 0 Å². The van der Waals surface area contributed by atoms with Crippen molar-refractivity contribution >= 4 is 20.0 Å². The Hall–Kier alpha value is -1.44. The van der Waals surface area contributed by atoms with E-state index in [0.717, 1.165) is 0 Å². The molecule has 1 aromatic carbocycles. The maximum Gasteiger partial charge on any atom is 0.240 e. The molecular weight excluding hydrogens is 314 g/mol. The zero-order valence-electron chi connectivity index (χ0n) is 11.5. The first-order chi connectivity index (χ1) is 9.65. The van der Waals surface area contributed by atoms with Gasteiger partial charge in [0.2, 0.25) is 20.0 Å². The summed E-state index contributed by atoms with van der Waals surface area (Å²) in [5, 5.41) is 4.81. The van der Waals surface area contributed by atoms with Gasteiger partial charge in [0, 0.05) is 12.1 Å². The summed E-state index contributed by atoms with van der Waals surface area (Å²) < 4.78 is 47.7. The van der Waals surface area contributed by atoms with Crippen LogP contribution in [0.2, 0.25) is 0 Å². The highest BCUT2D eigenvalue weighted by molar-refractivity contribution is 7.90. The van der Waals surface area contributed by atoms with Crippen LogP contribution in [-0.4, -0.2) is 35.7 Å². The molecule has 0 atom stereocenters. The first-order valence-electron chi connectivity index (χ1n) is 5.95. The largest absolute Gasteiger partial charge is 0.320 e. The van der Waals surface area contributed by atoms with Crippen LogP contribution < -0.4 is 15.6 Å². The van der Waals surface area contributed by atoms with Gasteiger partial charge in [-0.1, -0.05) is 11.8 Å². The van der Waals surface area contributed by atoms with E-state index >= 15 is 0 Å². The van der Waals surface area contributed by atoms with Gasteiger partial charge in [-0.05, 0) is 30.7 Å². The van der Waals surface area contributed by atoms with E-state index in [1.54, 1.807) is 13.0 Å². The third-order valence-electron chi connectivity index (χ3n) is 2.51. The Morgan fingerprint density at radius 1 is 1.24 bits per heavy atom. The molecule has 0 spiro atoms. The average molecular weight is 331 g/mol. The van der Waals surface area contributed by atoms with Gasteiger partial charge in [-0.15, -0.1) is 0 Å². The van der Waals surface area contributed by atoms with E-state index in [1.807, 2.05) is 0 Å². The molecule has 0 unspecified atom stereocenters. The zero-order valence-corrected chi connectivity index (χ0v) is 13.1. The first kappa shape index (κ1) is 17.6. The predicted molar refractivity (Wildman–Crippen MR) is 80.3 cm³/mol. The number of rotatable bonds is 5. The van der Waals surface area contributed by atoms with Crippen LogP contribution in [0.5, 0.6) is 0 Å². The summed E-state index contributed by atoms with van der Waals surface area (Å²) in [5.74, 6) is 5.05. The zero-order chi connectivity index (χ0) is 16.1. The van der Waals surface area contributed by atoms with Gasteiger partial charge in [0.1, 0.15) is 0 Å². The van der Waals surface area contributed by atoms with Crippen LogP contribution in [-0.2, 0) is 20.0 Å². The lowest BCUT2D eigenvalue weighted by molar-refractivity contribution is 0.581. The minimum atomic E-state index is -3.79. The molecule has 1 aromatic rings. The molecule has 5 N–H and O–H groups in total. The second-order valence-corrected chi connectivity index (χ2v) is 7.75.